The van der Waals surface area contributed by atoms with Crippen molar-refractivity contribution in [2.24, 2.45) is 0 Å². The zero-order chi connectivity index (χ0) is 14.2. The fourth-order valence-electron chi connectivity index (χ4n) is 2.56. The quantitative estimate of drug-likeness (QED) is 0.732. The molecular weight excluding hydrogens is 264 g/mol. The van der Waals surface area contributed by atoms with Crippen LogP contribution in [0, 0.1) is 0 Å². The molecule has 6 nitrogen and oxygen atoms in total. The summed E-state index contributed by atoms with van der Waals surface area (Å²) in [5, 5.41) is 8.68. The highest BCUT2D eigenvalue weighted by Gasteiger charge is 2.29. The van der Waals surface area contributed by atoms with Crippen molar-refractivity contribution < 1.29 is 0 Å². The second kappa shape index (κ2) is 4.80. The average molecular weight is 280 g/mol. The van der Waals surface area contributed by atoms with Gasteiger partial charge in [0.15, 0.2) is 5.82 Å². The molecule has 0 N–H and O–H groups in total. The second-order valence-electron chi connectivity index (χ2n) is 5.49. The van der Waals surface area contributed by atoms with Gasteiger partial charge >= 0.3 is 0 Å². The third kappa shape index (κ3) is 2.22. The van der Waals surface area contributed by atoms with Gasteiger partial charge in [0.05, 0.1) is 0 Å². The molecule has 0 spiro atoms. The molecule has 3 aromatic rings. The lowest BCUT2D eigenvalue weighted by Crippen LogP contribution is -2.19. The molecule has 3 heterocycles. The van der Waals surface area contributed by atoms with E-state index in [1.54, 1.807) is 6.20 Å². The normalized spacial score (nSPS) is 14.5. The molecule has 0 radical (unpaired) electrons. The zero-order valence-corrected chi connectivity index (χ0v) is 11.8. The summed E-state index contributed by atoms with van der Waals surface area (Å²) in [6.07, 6.45) is 9.84. The molecule has 1 fully saturated rings. The lowest BCUT2D eigenvalue weighted by Gasteiger charge is -2.18. The monoisotopic (exact) mass is 280 g/mol. The van der Waals surface area contributed by atoms with Crippen LogP contribution in [0.1, 0.15) is 30.1 Å². The van der Waals surface area contributed by atoms with Crippen LogP contribution in [0.15, 0.2) is 36.9 Å². The number of anilines is 1. The Kier molecular flexibility index (Phi) is 2.80. The summed E-state index contributed by atoms with van der Waals surface area (Å²) in [4.78, 5) is 10.7. The Balaban J connectivity index is 1.69. The molecule has 0 aliphatic heterocycles. The van der Waals surface area contributed by atoms with E-state index < -0.39 is 0 Å². The van der Waals surface area contributed by atoms with Gasteiger partial charge in [-0.2, -0.15) is 0 Å². The molecule has 6 heteroatoms. The standard InChI is InChI=1S/C15H16N6/c1-20(10-11-3-2-6-16-9-11)14-15-19-18-13(12-4-5-12)21(15)8-7-17-14/h2-3,6-9,12H,4-5,10H2,1H3. The molecular formula is C15H16N6. The van der Waals surface area contributed by atoms with Crippen LogP contribution >= 0.6 is 0 Å². The number of hydrogen-bond acceptors (Lipinski definition) is 5. The molecule has 1 aliphatic carbocycles. The fraction of sp³-hybridized carbons (Fsp3) is 0.333. The molecule has 0 amide bonds. The van der Waals surface area contributed by atoms with Crippen molar-refractivity contribution in [2.75, 3.05) is 11.9 Å². The van der Waals surface area contributed by atoms with Crippen LogP contribution in [0.25, 0.3) is 5.65 Å². The Labute approximate surface area is 122 Å². The molecule has 0 aromatic carbocycles. The van der Waals surface area contributed by atoms with Gasteiger partial charge in [0.25, 0.3) is 0 Å². The summed E-state index contributed by atoms with van der Waals surface area (Å²) in [7, 11) is 2.01. The highest BCUT2D eigenvalue weighted by atomic mass is 15.3. The third-order valence-corrected chi connectivity index (χ3v) is 3.78. The minimum atomic E-state index is 0.568. The van der Waals surface area contributed by atoms with Gasteiger partial charge in [-0.15, -0.1) is 10.2 Å². The van der Waals surface area contributed by atoms with Gasteiger partial charge < -0.3 is 4.90 Å². The van der Waals surface area contributed by atoms with Crippen molar-refractivity contribution in [2.45, 2.75) is 25.3 Å². The first kappa shape index (κ1) is 12.3. The van der Waals surface area contributed by atoms with E-state index in [-0.39, 0.29) is 0 Å². The van der Waals surface area contributed by atoms with Crippen molar-refractivity contribution >= 4 is 11.5 Å². The average Bonchev–Trinajstić information content (AvgIpc) is 3.27. The van der Waals surface area contributed by atoms with E-state index in [1.807, 2.05) is 31.7 Å². The molecule has 0 saturated heterocycles. The van der Waals surface area contributed by atoms with Crippen molar-refractivity contribution in [3.8, 4) is 0 Å². The second-order valence-corrected chi connectivity index (χ2v) is 5.49. The zero-order valence-electron chi connectivity index (χ0n) is 11.8. The highest BCUT2D eigenvalue weighted by Crippen LogP contribution is 2.39. The molecule has 106 valence electrons. The number of hydrogen-bond donors (Lipinski definition) is 0. The summed E-state index contributed by atoms with van der Waals surface area (Å²) >= 11 is 0. The minimum Gasteiger partial charge on any atom is -0.352 e. The smallest absolute Gasteiger partial charge is 0.203 e. The number of rotatable bonds is 4. The summed E-state index contributed by atoms with van der Waals surface area (Å²) in [5.74, 6) is 2.48. The Hall–Kier alpha value is -2.50. The van der Waals surface area contributed by atoms with Gasteiger partial charge in [-0.05, 0) is 24.5 Å². The van der Waals surface area contributed by atoms with E-state index in [4.69, 9.17) is 0 Å². The third-order valence-electron chi connectivity index (χ3n) is 3.78. The lowest BCUT2D eigenvalue weighted by atomic mass is 10.3. The summed E-state index contributed by atoms with van der Waals surface area (Å²) in [5.41, 5.74) is 1.97. The first-order valence-electron chi connectivity index (χ1n) is 7.12. The molecule has 0 atom stereocenters. The molecule has 4 rings (SSSR count). The summed E-state index contributed by atoms with van der Waals surface area (Å²) < 4.78 is 2.07. The van der Waals surface area contributed by atoms with Gasteiger partial charge in [-0.1, -0.05) is 6.07 Å². The highest BCUT2D eigenvalue weighted by molar-refractivity contribution is 5.63. The van der Waals surface area contributed by atoms with Crippen LogP contribution in [-0.4, -0.2) is 31.6 Å². The Bertz CT molecular complexity index is 762. The first-order chi connectivity index (χ1) is 10.3. The van der Waals surface area contributed by atoms with E-state index in [0.717, 1.165) is 29.4 Å². The van der Waals surface area contributed by atoms with Crippen LogP contribution in [0.3, 0.4) is 0 Å². The van der Waals surface area contributed by atoms with Crippen LogP contribution in [0.4, 0.5) is 5.82 Å². The topological polar surface area (TPSA) is 59.2 Å². The minimum absolute atomic E-state index is 0.568. The maximum Gasteiger partial charge on any atom is 0.203 e. The van der Waals surface area contributed by atoms with Crippen LogP contribution < -0.4 is 4.90 Å². The maximum atomic E-state index is 4.48. The Morgan fingerprint density at radius 2 is 2.19 bits per heavy atom. The predicted octanol–water partition coefficient (Wildman–Crippen LogP) is 2.03. The predicted molar refractivity (Wildman–Crippen MR) is 79.1 cm³/mol. The van der Waals surface area contributed by atoms with E-state index >= 15 is 0 Å². The molecule has 3 aromatic heterocycles. The van der Waals surface area contributed by atoms with Gasteiger partial charge in [0.1, 0.15) is 5.82 Å². The van der Waals surface area contributed by atoms with E-state index in [9.17, 15) is 0 Å². The summed E-state index contributed by atoms with van der Waals surface area (Å²) in [6.45, 7) is 0.742. The van der Waals surface area contributed by atoms with Gasteiger partial charge in [-0.25, -0.2) is 4.98 Å². The molecule has 0 unspecified atom stereocenters. The van der Waals surface area contributed by atoms with Gasteiger partial charge in [0, 0.05) is 44.3 Å². The maximum absolute atomic E-state index is 4.48. The Morgan fingerprint density at radius 1 is 1.29 bits per heavy atom. The van der Waals surface area contributed by atoms with E-state index in [2.05, 4.69) is 35.5 Å². The first-order valence-corrected chi connectivity index (χ1v) is 7.12. The number of fused-ring (bicyclic) bond motifs is 1. The van der Waals surface area contributed by atoms with E-state index in [1.165, 1.54) is 12.8 Å². The van der Waals surface area contributed by atoms with Gasteiger partial charge in [0.2, 0.25) is 5.65 Å². The molecule has 21 heavy (non-hydrogen) atoms. The fourth-order valence-corrected chi connectivity index (χ4v) is 2.56. The number of pyridine rings is 1. The lowest BCUT2D eigenvalue weighted by molar-refractivity contribution is 0.874. The van der Waals surface area contributed by atoms with Crippen molar-refractivity contribution in [1.29, 1.82) is 0 Å². The van der Waals surface area contributed by atoms with Crippen molar-refractivity contribution in [3.05, 3.63) is 48.3 Å². The largest absolute Gasteiger partial charge is 0.352 e. The van der Waals surface area contributed by atoms with Crippen molar-refractivity contribution in [3.63, 3.8) is 0 Å². The van der Waals surface area contributed by atoms with Crippen molar-refractivity contribution in [1.82, 2.24) is 24.6 Å². The van der Waals surface area contributed by atoms with Crippen LogP contribution in [0.5, 0.6) is 0 Å². The Morgan fingerprint density at radius 3 is 2.95 bits per heavy atom. The van der Waals surface area contributed by atoms with Crippen LogP contribution in [-0.2, 0) is 6.54 Å². The summed E-state index contributed by atoms with van der Waals surface area (Å²) in [6, 6.07) is 4.00. The van der Waals surface area contributed by atoms with E-state index in [0.29, 0.717) is 5.92 Å². The van der Waals surface area contributed by atoms with Crippen LogP contribution in [0.2, 0.25) is 0 Å². The van der Waals surface area contributed by atoms with Gasteiger partial charge in [-0.3, -0.25) is 9.38 Å². The molecule has 1 aliphatic rings. The number of nitrogens with zero attached hydrogens (tertiary/aromatic N) is 6. The SMILES string of the molecule is CN(Cc1cccnc1)c1nccn2c(C3CC3)nnc12. The molecule has 0 bridgehead atoms. The number of aromatic nitrogens is 5. The molecule has 1 saturated carbocycles.